The van der Waals surface area contributed by atoms with E-state index in [9.17, 15) is 0 Å². The van der Waals surface area contributed by atoms with Gasteiger partial charge in [0.25, 0.3) is 0 Å². The second kappa shape index (κ2) is 8.50. The maximum atomic E-state index is 6.08. The van der Waals surface area contributed by atoms with Gasteiger partial charge in [0, 0.05) is 4.47 Å². The lowest BCUT2D eigenvalue weighted by Crippen LogP contribution is -2.29. The van der Waals surface area contributed by atoms with Gasteiger partial charge in [-0.25, -0.2) is 0 Å². The zero-order valence-corrected chi connectivity index (χ0v) is 21.6. The highest BCUT2D eigenvalue weighted by molar-refractivity contribution is 9.10. The molecule has 152 valence electrons. The zero-order valence-electron chi connectivity index (χ0n) is 18.0. The fourth-order valence-electron chi connectivity index (χ4n) is 3.05. The number of benzene rings is 3. The van der Waals surface area contributed by atoms with Crippen LogP contribution in [0.2, 0.25) is 39.3 Å². The molecule has 29 heavy (non-hydrogen) atoms. The van der Waals surface area contributed by atoms with Crippen molar-refractivity contribution in [1.29, 1.82) is 0 Å². The smallest absolute Gasteiger partial charge is 0.242 e. The summed E-state index contributed by atoms with van der Waals surface area (Å²) in [5.74, 6) is 1.89. The minimum Gasteiger partial charge on any atom is -0.544 e. The highest BCUT2D eigenvalue weighted by Gasteiger charge is 2.17. The van der Waals surface area contributed by atoms with Crippen molar-refractivity contribution in [3.63, 3.8) is 0 Å². The Morgan fingerprint density at radius 2 is 0.966 bits per heavy atom. The Labute approximate surface area is 185 Å². The number of hydrogen-bond acceptors (Lipinski definition) is 2. The molecule has 0 unspecified atom stereocenters. The van der Waals surface area contributed by atoms with Crippen molar-refractivity contribution >= 4 is 32.6 Å². The third-order valence-electron chi connectivity index (χ3n) is 4.17. The van der Waals surface area contributed by atoms with Crippen LogP contribution in [0.5, 0.6) is 11.5 Å². The normalized spacial score (nSPS) is 12.0. The Balaban J connectivity index is 1.87. The van der Waals surface area contributed by atoms with Gasteiger partial charge in [0.05, 0.1) is 0 Å². The summed E-state index contributed by atoms with van der Waals surface area (Å²) in [6.45, 7) is 13.2. The molecule has 0 aliphatic heterocycles. The van der Waals surface area contributed by atoms with E-state index in [4.69, 9.17) is 8.85 Å². The Hall–Kier alpha value is -1.83. The van der Waals surface area contributed by atoms with E-state index in [1.807, 2.05) is 0 Å². The molecule has 0 N–H and O–H groups in total. The molecule has 0 saturated heterocycles. The van der Waals surface area contributed by atoms with Crippen LogP contribution < -0.4 is 8.85 Å². The van der Waals surface area contributed by atoms with E-state index >= 15 is 0 Å². The maximum absolute atomic E-state index is 6.08. The molecule has 0 amide bonds. The molecule has 0 radical (unpaired) electrons. The van der Waals surface area contributed by atoms with Gasteiger partial charge >= 0.3 is 0 Å². The number of halogens is 1. The topological polar surface area (TPSA) is 18.5 Å². The molecule has 0 saturated carbocycles. The van der Waals surface area contributed by atoms with Crippen molar-refractivity contribution in [3.8, 4) is 33.8 Å². The van der Waals surface area contributed by atoms with Gasteiger partial charge in [-0.1, -0.05) is 46.3 Å². The molecule has 0 atom stereocenters. The first-order valence-corrected chi connectivity index (χ1v) is 17.5. The average molecular weight is 486 g/mol. The molecule has 0 heterocycles. The van der Waals surface area contributed by atoms with Crippen molar-refractivity contribution < 1.29 is 8.85 Å². The van der Waals surface area contributed by atoms with Crippen LogP contribution in [-0.2, 0) is 0 Å². The van der Waals surface area contributed by atoms with Gasteiger partial charge in [-0.2, -0.15) is 0 Å². The zero-order chi connectivity index (χ0) is 21.2. The summed E-state index contributed by atoms with van der Waals surface area (Å²) in [5.41, 5.74) is 4.70. The maximum Gasteiger partial charge on any atom is 0.242 e. The average Bonchev–Trinajstić information content (AvgIpc) is 2.61. The van der Waals surface area contributed by atoms with Crippen LogP contribution in [0.25, 0.3) is 22.3 Å². The molecule has 0 spiro atoms. The second-order valence-electron chi connectivity index (χ2n) is 9.17. The van der Waals surface area contributed by atoms with E-state index in [-0.39, 0.29) is 0 Å². The molecule has 3 aromatic carbocycles. The lowest BCUT2D eigenvalue weighted by atomic mass is 9.99. The van der Waals surface area contributed by atoms with E-state index in [0.29, 0.717) is 0 Å². The Morgan fingerprint density at radius 3 is 1.41 bits per heavy atom. The Bertz CT molecular complexity index is 970. The predicted molar refractivity (Wildman–Crippen MR) is 133 cm³/mol. The molecule has 0 aliphatic rings. The van der Waals surface area contributed by atoms with E-state index in [0.717, 1.165) is 16.0 Å². The molecular weight excluding hydrogens is 456 g/mol. The van der Waals surface area contributed by atoms with Crippen molar-refractivity contribution in [2.75, 3.05) is 0 Å². The van der Waals surface area contributed by atoms with Crippen LogP contribution in [-0.4, -0.2) is 16.6 Å². The minimum absolute atomic E-state index is 0.943. The van der Waals surface area contributed by atoms with Crippen LogP contribution in [0.4, 0.5) is 0 Å². The summed E-state index contributed by atoms with van der Waals surface area (Å²) >= 11 is 3.71. The third-order valence-corrected chi connectivity index (χ3v) is 6.56. The van der Waals surface area contributed by atoms with Crippen LogP contribution in [0, 0.1) is 0 Å². The quantitative estimate of drug-likeness (QED) is 0.328. The fourth-order valence-corrected chi connectivity index (χ4v) is 5.21. The summed E-state index contributed by atoms with van der Waals surface area (Å²) in [6.07, 6.45) is 0. The standard InChI is InChI=1S/C24H29BrO2Si2/c1-28(2,3)26-21-12-7-18(8-13-21)20-11-16-24(25)23(17-20)19-9-14-22(15-10-19)27-29(4,5)6/h7-17H,1-6H3. The van der Waals surface area contributed by atoms with E-state index in [1.54, 1.807) is 0 Å². The molecule has 5 heteroatoms. The monoisotopic (exact) mass is 484 g/mol. The summed E-state index contributed by atoms with van der Waals surface area (Å²) in [6, 6.07) is 23.3. The van der Waals surface area contributed by atoms with E-state index in [2.05, 4.69) is 122 Å². The van der Waals surface area contributed by atoms with Gasteiger partial charge in [-0.15, -0.1) is 0 Å². The van der Waals surface area contributed by atoms with Gasteiger partial charge in [-0.05, 0) is 97.9 Å². The molecule has 3 aromatic rings. The molecule has 2 nitrogen and oxygen atoms in total. The lowest BCUT2D eigenvalue weighted by molar-refractivity contribution is 0.557. The van der Waals surface area contributed by atoms with E-state index < -0.39 is 16.6 Å². The number of rotatable bonds is 6. The molecule has 0 aromatic heterocycles. The van der Waals surface area contributed by atoms with Gasteiger partial charge in [0.1, 0.15) is 11.5 Å². The molecular formula is C24H29BrO2Si2. The first-order valence-electron chi connectivity index (χ1n) is 9.89. The van der Waals surface area contributed by atoms with Crippen LogP contribution in [0.1, 0.15) is 0 Å². The molecule has 0 aliphatic carbocycles. The lowest BCUT2D eigenvalue weighted by Gasteiger charge is -2.19. The number of hydrogen-bond donors (Lipinski definition) is 0. The van der Waals surface area contributed by atoms with Crippen molar-refractivity contribution in [2.24, 2.45) is 0 Å². The first-order chi connectivity index (χ1) is 13.5. The summed E-state index contributed by atoms with van der Waals surface area (Å²) in [4.78, 5) is 0. The van der Waals surface area contributed by atoms with Crippen molar-refractivity contribution in [3.05, 3.63) is 71.2 Å². The Kier molecular flexibility index (Phi) is 6.41. The molecule has 0 bridgehead atoms. The first kappa shape index (κ1) is 21.9. The van der Waals surface area contributed by atoms with E-state index in [1.165, 1.54) is 22.3 Å². The van der Waals surface area contributed by atoms with Gasteiger partial charge in [0.2, 0.25) is 16.6 Å². The second-order valence-corrected chi connectivity index (χ2v) is 18.9. The van der Waals surface area contributed by atoms with Crippen molar-refractivity contribution in [2.45, 2.75) is 39.3 Å². The predicted octanol–water partition coefficient (Wildman–Crippen LogP) is 8.21. The third kappa shape index (κ3) is 6.33. The minimum atomic E-state index is -1.60. The van der Waals surface area contributed by atoms with Crippen LogP contribution >= 0.6 is 15.9 Å². The molecule has 0 fully saturated rings. The van der Waals surface area contributed by atoms with Gasteiger partial charge < -0.3 is 8.85 Å². The fraction of sp³-hybridized carbons (Fsp3) is 0.250. The van der Waals surface area contributed by atoms with Crippen LogP contribution in [0.15, 0.2) is 71.2 Å². The molecule has 3 rings (SSSR count). The van der Waals surface area contributed by atoms with Crippen molar-refractivity contribution in [1.82, 2.24) is 0 Å². The largest absolute Gasteiger partial charge is 0.544 e. The Morgan fingerprint density at radius 1 is 0.552 bits per heavy atom. The highest BCUT2D eigenvalue weighted by Crippen LogP contribution is 2.34. The summed E-state index contributed by atoms with van der Waals surface area (Å²) < 4.78 is 13.2. The highest BCUT2D eigenvalue weighted by atomic mass is 79.9. The van der Waals surface area contributed by atoms with Gasteiger partial charge in [0.15, 0.2) is 0 Å². The summed E-state index contributed by atoms with van der Waals surface area (Å²) in [7, 11) is -3.18. The van der Waals surface area contributed by atoms with Gasteiger partial charge in [-0.3, -0.25) is 0 Å². The SMILES string of the molecule is C[Si](C)(C)Oc1ccc(-c2ccc(Br)c(-c3ccc(O[Si](C)(C)C)cc3)c2)cc1. The summed E-state index contributed by atoms with van der Waals surface area (Å²) in [5, 5.41) is 0. The van der Waals surface area contributed by atoms with Crippen LogP contribution in [0.3, 0.4) is 0 Å².